The van der Waals surface area contributed by atoms with Gasteiger partial charge in [0.25, 0.3) is 11.6 Å². The number of nitro benzene ring substituents is 1. The lowest BCUT2D eigenvalue weighted by Gasteiger charge is -2.28. The van der Waals surface area contributed by atoms with Gasteiger partial charge in [0, 0.05) is 32.1 Å². The second-order valence-electron chi connectivity index (χ2n) is 9.14. The molecule has 29 heavy (non-hydrogen) atoms. The average molecular weight is 402 g/mol. The second kappa shape index (κ2) is 8.00. The van der Waals surface area contributed by atoms with Gasteiger partial charge in [0.2, 0.25) is 5.91 Å². The highest BCUT2D eigenvalue weighted by Crippen LogP contribution is 2.39. The topological polar surface area (TPSA) is 105 Å². The van der Waals surface area contributed by atoms with Gasteiger partial charge in [-0.05, 0) is 43.1 Å². The molecule has 8 heteroatoms. The zero-order valence-corrected chi connectivity index (χ0v) is 17.6. The van der Waals surface area contributed by atoms with E-state index in [-0.39, 0.29) is 40.2 Å². The number of carbonyl (C=O) groups excluding carboxylic acids is 2. The molecule has 1 saturated carbocycles. The number of hydrogen-bond acceptors (Lipinski definition) is 5. The number of nitrogens with one attached hydrogen (secondary N) is 2. The highest BCUT2D eigenvalue weighted by molar-refractivity contribution is 6.07. The van der Waals surface area contributed by atoms with Crippen LogP contribution >= 0.6 is 0 Å². The summed E-state index contributed by atoms with van der Waals surface area (Å²) in [6.45, 7) is 6.67. The Kier molecular flexibility index (Phi) is 5.82. The molecule has 8 nitrogen and oxygen atoms in total. The summed E-state index contributed by atoms with van der Waals surface area (Å²) in [5.41, 5.74) is 0.499. The SMILES string of the molecule is CNc1cc(N2CC(C)(C)CC2=O)c(C(=O)N[C@H]2CC[C@H](C)CC2)cc1[N+](=O)[O-]. The number of carbonyl (C=O) groups is 2. The first-order valence-corrected chi connectivity index (χ1v) is 10.2. The van der Waals surface area contributed by atoms with Gasteiger partial charge < -0.3 is 15.5 Å². The monoisotopic (exact) mass is 402 g/mol. The van der Waals surface area contributed by atoms with Crippen LogP contribution in [0.15, 0.2) is 12.1 Å². The first kappa shape index (κ1) is 21.1. The largest absolute Gasteiger partial charge is 0.383 e. The van der Waals surface area contributed by atoms with Crippen molar-refractivity contribution in [2.75, 3.05) is 23.8 Å². The molecule has 0 spiro atoms. The van der Waals surface area contributed by atoms with E-state index in [2.05, 4.69) is 17.6 Å². The van der Waals surface area contributed by atoms with Crippen LogP contribution < -0.4 is 15.5 Å². The third-order valence-corrected chi connectivity index (χ3v) is 5.98. The summed E-state index contributed by atoms with van der Waals surface area (Å²) in [5, 5.41) is 17.4. The molecular formula is C21H30N4O4. The van der Waals surface area contributed by atoms with Crippen LogP contribution in [0.2, 0.25) is 0 Å². The molecule has 2 N–H and O–H groups in total. The van der Waals surface area contributed by atoms with Crippen molar-refractivity contribution in [1.29, 1.82) is 0 Å². The minimum Gasteiger partial charge on any atom is -0.383 e. The van der Waals surface area contributed by atoms with Crippen LogP contribution in [-0.4, -0.2) is 36.4 Å². The number of anilines is 2. The average Bonchev–Trinajstić information content (AvgIpc) is 2.94. The molecule has 1 aromatic carbocycles. The lowest BCUT2D eigenvalue weighted by atomic mass is 9.87. The minimum absolute atomic E-state index is 0.0558. The van der Waals surface area contributed by atoms with E-state index in [1.807, 2.05) is 13.8 Å². The van der Waals surface area contributed by atoms with Gasteiger partial charge in [-0.2, -0.15) is 0 Å². The molecule has 158 valence electrons. The van der Waals surface area contributed by atoms with E-state index < -0.39 is 4.92 Å². The van der Waals surface area contributed by atoms with Crippen molar-refractivity contribution in [3.63, 3.8) is 0 Å². The Bertz CT molecular complexity index is 828. The summed E-state index contributed by atoms with van der Waals surface area (Å²) >= 11 is 0. The normalized spacial score (nSPS) is 23.7. The summed E-state index contributed by atoms with van der Waals surface area (Å²) in [6, 6.07) is 2.90. The third kappa shape index (κ3) is 4.52. The van der Waals surface area contributed by atoms with E-state index in [9.17, 15) is 19.7 Å². The van der Waals surface area contributed by atoms with Crippen molar-refractivity contribution in [3.05, 3.63) is 27.8 Å². The van der Waals surface area contributed by atoms with Crippen LogP contribution in [0.1, 0.15) is 63.2 Å². The number of rotatable bonds is 5. The number of nitro groups is 1. The maximum absolute atomic E-state index is 13.1. The Hall–Kier alpha value is -2.64. The lowest BCUT2D eigenvalue weighted by Crippen LogP contribution is -2.38. The van der Waals surface area contributed by atoms with Gasteiger partial charge in [0.05, 0.1) is 16.2 Å². The Morgan fingerprint density at radius 2 is 1.90 bits per heavy atom. The van der Waals surface area contributed by atoms with Crippen molar-refractivity contribution in [2.45, 2.75) is 58.9 Å². The lowest BCUT2D eigenvalue weighted by molar-refractivity contribution is -0.384. The molecule has 2 aliphatic rings. The van der Waals surface area contributed by atoms with Crippen LogP contribution in [-0.2, 0) is 4.79 Å². The molecule has 2 fully saturated rings. The highest BCUT2D eigenvalue weighted by atomic mass is 16.6. The number of nitrogens with zero attached hydrogens (tertiary/aromatic N) is 2. The van der Waals surface area contributed by atoms with Crippen molar-refractivity contribution < 1.29 is 14.5 Å². The molecule has 1 aromatic rings. The van der Waals surface area contributed by atoms with Crippen LogP contribution in [0.4, 0.5) is 17.1 Å². The Morgan fingerprint density at radius 3 is 2.41 bits per heavy atom. The van der Waals surface area contributed by atoms with Crippen molar-refractivity contribution >= 4 is 28.9 Å². The first-order valence-electron chi connectivity index (χ1n) is 10.2. The van der Waals surface area contributed by atoms with E-state index in [4.69, 9.17) is 0 Å². The summed E-state index contributed by atoms with van der Waals surface area (Å²) < 4.78 is 0. The molecule has 0 atom stereocenters. The predicted octanol–water partition coefficient (Wildman–Crippen LogP) is 3.71. The highest BCUT2D eigenvalue weighted by Gasteiger charge is 2.39. The third-order valence-electron chi connectivity index (χ3n) is 5.98. The second-order valence-corrected chi connectivity index (χ2v) is 9.14. The summed E-state index contributed by atoms with van der Waals surface area (Å²) in [7, 11) is 1.59. The van der Waals surface area contributed by atoms with Gasteiger partial charge in [-0.1, -0.05) is 20.8 Å². The predicted molar refractivity (Wildman–Crippen MR) is 112 cm³/mol. The van der Waals surface area contributed by atoms with Gasteiger partial charge in [-0.15, -0.1) is 0 Å². The zero-order chi connectivity index (χ0) is 21.3. The molecule has 0 aromatic heterocycles. The summed E-state index contributed by atoms with van der Waals surface area (Å²) in [6.07, 6.45) is 4.27. The van der Waals surface area contributed by atoms with Gasteiger partial charge >= 0.3 is 0 Å². The fourth-order valence-electron chi connectivity index (χ4n) is 4.30. The molecular weight excluding hydrogens is 372 g/mol. The molecule has 2 amide bonds. The molecule has 0 bridgehead atoms. The molecule has 1 heterocycles. The molecule has 3 rings (SSSR count). The van der Waals surface area contributed by atoms with Gasteiger partial charge in [-0.25, -0.2) is 0 Å². The number of benzene rings is 1. The van der Waals surface area contributed by atoms with E-state index in [1.54, 1.807) is 18.0 Å². The molecule has 0 radical (unpaired) electrons. The van der Waals surface area contributed by atoms with Gasteiger partial charge in [0.15, 0.2) is 0 Å². The first-order chi connectivity index (χ1) is 13.6. The van der Waals surface area contributed by atoms with E-state index in [0.29, 0.717) is 24.6 Å². The fraction of sp³-hybridized carbons (Fsp3) is 0.619. The fourth-order valence-corrected chi connectivity index (χ4v) is 4.30. The summed E-state index contributed by atoms with van der Waals surface area (Å²) in [5.74, 6) is 0.216. The van der Waals surface area contributed by atoms with Crippen molar-refractivity contribution in [3.8, 4) is 0 Å². The maximum Gasteiger partial charge on any atom is 0.293 e. The summed E-state index contributed by atoms with van der Waals surface area (Å²) in [4.78, 5) is 38.4. The Morgan fingerprint density at radius 1 is 1.24 bits per heavy atom. The zero-order valence-electron chi connectivity index (χ0n) is 17.6. The van der Waals surface area contributed by atoms with Gasteiger partial charge in [-0.3, -0.25) is 19.7 Å². The van der Waals surface area contributed by atoms with Gasteiger partial charge in [0.1, 0.15) is 5.69 Å². The molecule has 1 saturated heterocycles. The van der Waals surface area contributed by atoms with Crippen molar-refractivity contribution in [1.82, 2.24) is 5.32 Å². The Labute approximate surface area is 171 Å². The standard InChI is InChI=1S/C21H30N4O4/c1-13-5-7-14(8-6-13)23-20(27)15-9-18(25(28)29)16(22-4)10-17(15)24-12-21(2,3)11-19(24)26/h9-10,13-14,22H,5-8,11-12H2,1-4H3,(H,23,27)/t13-,14-. The minimum atomic E-state index is -0.510. The number of hydrogen-bond donors (Lipinski definition) is 2. The Balaban J connectivity index is 1.98. The van der Waals surface area contributed by atoms with E-state index in [0.717, 1.165) is 25.7 Å². The maximum atomic E-state index is 13.1. The molecule has 1 aliphatic heterocycles. The smallest absolute Gasteiger partial charge is 0.293 e. The van der Waals surface area contributed by atoms with Crippen LogP contribution in [0.25, 0.3) is 0 Å². The molecule has 1 aliphatic carbocycles. The quantitative estimate of drug-likeness (QED) is 0.577. The number of amides is 2. The van der Waals surface area contributed by atoms with Crippen LogP contribution in [0.5, 0.6) is 0 Å². The van der Waals surface area contributed by atoms with Crippen molar-refractivity contribution in [2.24, 2.45) is 11.3 Å². The molecule has 0 unspecified atom stereocenters. The van der Waals surface area contributed by atoms with E-state index >= 15 is 0 Å². The van der Waals surface area contributed by atoms with Crippen LogP contribution in [0, 0.1) is 21.4 Å². The van der Waals surface area contributed by atoms with E-state index in [1.165, 1.54) is 6.07 Å². The van der Waals surface area contributed by atoms with Crippen LogP contribution in [0.3, 0.4) is 0 Å².